The van der Waals surface area contributed by atoms with Gasteiger partial charge in [0.15, 0.2) is 0 Å². The number of carbonyl (C=O) groups is 1. The van der Waals surface area contributed by atoms with Gasteiger partial charge >= 0.3 is 5.97 Å². The van der Waals surface area contributed by atoms with Crippen molar-refractivity contribution in [3.05, 3.63) is 30.3 Å². The van der Waals surface area contributed by atoms with Crippen molar-refractivity contribution in [2.45, 2.75) is 12.5 Å². The van der Waals surface area contributed by atoms with Crippen LogP contribution in [0.3, 0.4) is 0 Å². The van der Waals surface area contributed by atoms with E-state index in [0.717, 1.165) is 5.75 Å². The fraction of sp³-hybridized carbons (Fsp3) is 0.364. The summed E-state index contributed by atoms with van der Waals surface area (Å²) in [5, 5.41) is 16.9. The van der Waals surface area contributed by atoms with Crippen molar-refractivity contribution in [3.8, 4) is 5.75 Å². The van der Waals surface area contributed by atoms with Crippen LogP contribution in [-0.2, 0) is 4.79 Å². The quantitative estimate of drug-likeness (QED) is 0.747. The maximum absolute atomic E-state index is 10.1. The van der Waals surface area contributed by atoms with Gasteiger partial charge < -0.3 is 15.9 Å². The monoisotopic (exact) mass is 243 g/mol. The SMILES string of the molecule is CSCC[C@H](N)C(=O)O.Oc1ccccc1. The van der Waals surface area contributed by atoms with E-state index in [2.05, 4.69) is 0 Å². The van der Waals surface area contributed by atoms with Gasteiger partial charge in [0.2, 0.25) is 0 Å². The molecule has 0 heterocycles. The molecule has 1 rings (SSSR count). The number of nitrogens with two attached hydrogens (primary N) is 1. The summed E-state index contributed by atoms with van der Waals surface area (Å²) in [6.07, 6.45) is 2.48. The zero-order valence-electron chi connectivity index (χ0n) is 9.17. The average Bonchev–Trinajstić information content (AvgIpc) is 2.27. The van der Waals surface area contributed by atoms with Gasteiger partial charge in [-0.3, -0.25) is 4.79 Å². The molecule has 0 fully saturated rings. The molecule has 0 aromatic heterocycles. The molecule has 16 heavy (non-hydrogen) atoms. The van der Waals surface area contributed by atoms with Crippen molar-refractivity contribution in [1.82, 2.24) is 0 Å². The molecule has 4 nitrogen and oxygen atoms in total. The molecule has 0 aliphatic heterocycles. The molecule has 0 saturated carbocycles. The van der Waals surface area contributed by atoms with E-state index in [1.165, 1.54) is 0 Å². The first-order valence-electron chi connectivity index (χ1n) is 4.79. The van der Waals surface area contributed by atoms with Crippen molar-refractivity contribution in [3.63, 3.8) is 0 Å². The summed E-state index contributed by atoms with van der Waals surface area (Å²) in [5.41, 5.74) is 5.19. The van der Waals surface area contributed by atoms with Crippen molar-refractivity contribution < 1.29 is 15.0 Å². The second-order valence-electron chi connectivity index (χ2n) is 3.06. The van der Waals surface area contributed by atoms with Crippen LogP contribution in [0, 0.1) is 0 Å². The molecule has 1 atom stereocenters. The number of aliphatic carboxylic acids is 1. The van der Waals surface area contributed by atoms with Crippen LogP contribution < -0.4 is 5.73 Å². The normalized spacial score (nSPS) is 11.1. The Kier molecular flexibility index (Phi) is 8.38. The van der Waals surface area contributed by atoms with E-state index >= 15 is 0 Å². The van der Waals surface area contributed by atoms with Crippen LogP contribution in [0.1, 0.15) is 6.42 Å². The third-order valence-electron chi connectivity index (χ3n) is 1.71. The number of phenolic OH excluding ortho intramolecular Hbond substituents is 1. The van der Waals surface area contributed by atoms with Gasteiger partial charge in [0, 0.05) is 0 Å². The Hall–Kier alpha value is -1.20. The Balaban J connectivity index is 0.000000288. The number of hydrogen-bond donors (Lipinski definition) is 3. The van der Waals surface area contributed by atoms with Crippen molar-refractivity contribution in [2.24, 2.45) is 5.73 Å². The van der Waals surface area contributed by atoms with Gasteiger partial charge in [0.1, 0.15) is 11.8 Å². The molecular weight excluding hydrogens is 226 g/mol. The predicted octanol–water partition coefficient (Wildman–Crippen LogP) is 1.54. The highest BCUT2D eigenvalue weighted by Crippen LogP contribution is 2.02. The highest BCUT2D eigenvalue weighted by molar-refractivity contribution is 7.98. The molecule has 0 amide bonds. The minimum Gasteiger partial charge on any atom is -0.508 e. The molecule has 4 N–H and O–H groups in total. The number of carboxylic acids is 1. The lowest BCUT2D eigenvalue weighted by molar-refractivity contribution is -0.138. The number of rotatable bonds is 4. The lowest BCUT2D eigenvalue weighted by Crippen LogP contribution is -2.30. The minimum absolute atomic E-state index is 0.322. The third kappa shape index (κ3) is 8.14. The van der Waals surface area contributed by atoms with Gasteiger partial charge in [-0.25, -0.2) is 0 Å². The van der Waals surface area contributed by atoms with Crippen LogP contribution in [-0.4, -0.2) is 34.2 Å². The van der Waals surface area contributed by atoms with E-state index in [0.29, 0.717) is 12.2 Å². The van der Waals surface area contributed by atoms with Crippen LogP contribution in [0.5, 0.6) is 5.75 Å². The molecule has 5 heteroatoms. The summed E-state index contributed by atoms with van der Waals surface area (Å²) >= 11 is 1.60. The second kappa shape index (κ2) is 9.06. The first kappa shape index (κ1) is 14.8. The fourth-order valence-corrected chi connectivity index (χ4v) is 1.29. The Morgan fingerprint density at radius 3 is 2.31 bits per heavy atom. The number of carboxylic acid groups (broad SMARTS) is 1. The van der Waals surface area contributed by atoms with E-state index in [1.807, 2.05) is 12.3 Å². The molecule has 0 unspecified atom stereocenters. The average molecular weight is 243 g/mol. The van der Waals surface area contributed by atoms with Crippen LogP contribution in [0.15, 0.2) is 30.3 Å². The molecule has 0 spiro atoms. The summed E-state index contributed by atoms with van der Waals surface area (Å²) in [5.74, 6) is 0.222. The van der Waals surface area contributed by atoms with E-state index in [1.54, 1.807) is 36.0 Å². The first-order chi connectivity index (χ1) is 7.57. The van der Waals surface area contributed by atoms with Gasteiger partial charge in [-0.15, -0.1) is 0 Å². The van der Waals surface area contributed by atoms with Crippen molar-refractivity contribution in [2.75, 3.05) is 12.0 Å². The van der Waals surface area contributed by atoms with Gasteiger partial charge in [0.25, 0.3) is 0 Å². The number of benzene rings is 1. The maximum Gasteiger partial charge on any atom is 0.320 e. The summed E-state index contributed by atoms with van der Waals surface area (Å²) in [7, 11) is 0. The molecule has 0 radical (unpaired) electrons. The molecule has 90 valence electrons. The van der Waals surface area contributed by atoms with Crippen LogP contribution in [0.2, 0.25) is 0 Å². The summed E-state index contributed by atoms with van der Waals surface area (Å²) in [4.78, 5) is 10.1. The standard InChI is InChI=1S/C6H6O.C5H11NO2S/c7-6-4-2-1-3-5-6;1-9-3-2-4(6)5(7)8/h1-5,7H;4H,2-3,6H2,1H3,(H,7,8)/t;4-/m.0/s1. The fourth-order valence-electron chi connectivity index (χ4n) is 0.796. The Morgan fingerprint density at radius 2 is 2.00 bits per heavy atom. The highest BCUT2D eigenvalue weighted by atomic mass is 32.2. The van der Waals surface area contributed by atoms with Crippen molar-refractivity contribution >= 4 is 17.7 Å². The van der Waals surface area contributed by atoms with Gasteiger partial charge in [-0.2, -0.15) is 11.8 Å². The van der Waals surface area contributed by atoms with E-state index in [9.17, 15) is 4.79 Å². The number of aromatic hydroxyl groups is 1. The number of phenols is 1. The lowest BCUT2D eigenvalue weighted by Gasteiger charge is -2.02. The number of thioether (sulfide) groups is 1. The largest absolute Gasteiger partial charge is 0.508 e. The molecule has 0 aliphatic carbocycles. The lowest BCUT2D eigenvalue weighted by atomic mass is 10.2. The summed E-state index contributed by atoms with van der Waals surface area (Å²) in [6.45, 7) is 0. The van der Waals surface area contributed by atoms with Crippen LogP contribution >= 0.6 is 11.8 Å². The Bertz CT molecular complexity index is 293. The molecule has 1 aromatic carbocycles. The van der Waals surface area contributed by atoms with E-state index in [4.69, 9.17) is 15.9 Å². The van der Waals surface area contributed by atoms with E-state index in [-0.39, 0.29) is 0 Å². The first-order valence-corrected chi connectivity index (χ1v) is 6.18. The topological polar surface area (TPSA) is 83.6 Å². The Labute approximate surface area is 99.5 Å². The third-order valence-corrected chi connectivity index (χ3v) is 2.35. The van der Waals surface area contributed by atoms with Crippen molar-refractivity contribution in [1.29, 1.82) is 0 Å². The predicted molar refractivity (Wildman–Crippen MR) is 66.7 cm³/mol. The van der Waals surface area contributed by atoms with Gasteiger partial charge in [-0.1, -0.05) is 18.2 Å². The second-order valence-corrected chi connectivity index (χ2v) is 4.05. The number of para-hydroxylation sites is 1. The van der Waals surface area contributed by atoms with Gasteiger partial charge in [-0.05, 0) is 30.6 Å². The molecule has 0 aliphatic rings. The summed E-state index contributed by atoms with van der Waals surface area (Å²) < 4.78 is 0. The van der Waals surface area contributed by atoms with E-state index < -0.39 is 12.0 Å². The highest BCUT2D eigenvalue weighted by Gasteiger charge is 2.08. The molecular formula is C11H17NO3S. The van der Waals surface area contributed by atoms with Gasteiger partial charge in [0.05, 0.1) is 0 Å². The van der Waals surface area contributed by atoms with Crippen LogP contribution in [0.4, 0.5) is 0 Å². The smallest absolute Gasteiger partial charge is 0.320 e. The number of hydrogen-bond acceptors (Lipinski definition) is 4. The molecule has 0 saturated heterocycles. The maximum atomic E-state index is 10.1. The zero-order chi connectivity index (χ0) is 12.4. The Morgan fingerprint density at radius 1 is 1.44 bits per heavy atom. The van der Waals surface area contributed by atoms with Crippen LogP contribution in [0.25, 0.3) is 0 Å². The minimum atomic E-state index is -0.913. The summed E-state index contributed by atoms with van der Waals surface area (Å²) in [6, 6.07) is 8.03. The zero-order valence-corrected chi connectivity index (χ0v) is 9.98. The molecule has 0 bridgehead atoms. The molecule has 1 aromatic rings.